The molecule has 1 aliphatic heterocycles. The molecule has 0 spiro atoms. The summed E-state index contributed by atoms with van der Waals surface area (Å²) >= 11 is 0. The summed E-state index contributed by atoms with van der Waals surface area (Å²) in [6, 6.07) is -0.0197. The molecule has 2 fully saturated rings. The number of amides is 1. The lowest BCUT2D eigenvalue weighted by atomic mass is 9.89. The first-order valence-corrected chi connectivity index (χ1v) is 4.18. The van der Waals surface area contributed by atoms with Gasteiger partial charge in [0.05, 0.1) is 0 Å². The quantitative estimate of drug-likeness (QED) is 0.581. The maximum absolute atomic E-state index is 11.1. The van der Waals surface area contributed by atoms with Gasteiger partial charge in [-0.3, -0.25) is 4.79 Å². The molecule has 1 saturated heterocycles. The minimum atomic E-state index is -0.878. The van der Waals surface area contributed by atoms with Crippen molar-refractivity contribution in [1.82, 2.24) is 4.90 Å². The summed E-state index contributed by atoms with van der Waals surface area (Å²) in [5, 5.41) is 8.76. The average molecular weight is 169 g/mol. The van der Waals surface area contributed by atoms with Crippen LogP contribution in [0.25, 0.3) is 0 Å². The molecule has 2 unspecified atom stereocenters. The van der Waals surface area contributed by atoms with Crippen molar-refractivity contribution in [2.24, 2.45) is 5.92 Å². The van der Waals surface area contributed by atoms with Gasteiger partial charge in [-0.1, -0.05) is 0 Å². The zero-order valence-electron chi connectivity index (χ0n) is 6.69. The smallest absolute Gasteiger partial charge is 0.407 e. The normalized spacial score (nSPS) is 34.0. The highest BCUT2D eigenvalue weighted by Crippen LogP contribution is 2.33. The number of ketones is 1. The van der Waals surface area contributed by atoms with Crippen LogP contribution < -0.4 is 0 Å². The fourth-order valence-corrected chi connectivity index (χ4v) is 2.26. The fourth-order valence-electron chi connectivity index (χ4n) is 2.26. The van der Waals surface area contributed by atoms with E-state index in [4.69, 9.17) is 5.11 Å². The van der Waals surface area contributed by atoms with E-state index in [-0.39, 0.29) is 11.8 Å². The van der Waals surface area contributed by atoms with Crippen LogP contribution in [0.3, 0.4) is 0 Å². The molecule has 0 aromatic heterocycles. The number of nitrogens with zero attached hydrogens (tertiary/aromatic N) is 1. The van der Waals surface area contributed by atoms with Gasteiger partial charge in [0.1, 0.15) is 5.78 Å². The standard InChI is InChI=1S/C8H11NO3/c10-7-2-5-1-6(3-7)9(4-5)8(11)12/h5-6H,1-4H2,(H,11,12). The highest BCUT2D eigenvalue weighted by atomic mass is 16.4. The number of rotatable bonds is 0. The predicted molar refractivity (Wildman–Crippen MR) is 40.9 cm³/mol. The van der Waals surface area contributed by atoms with Crippen LogP contribution in [0.1, 0.15) is 19.3 Å². The van der Waals surface area contributed by atoms with Crippen LogP contribution in [0.15, 0.2) is 0 Å². The second kappa shape index (κ2) is 2.47. The number of carboxylic acid groups (broad SMARTS) is 1. The Balaban J connectivity index is 2.14. The van der Waals surface area contributed by atoms with Crippen LogP contribution in [-0.2, 0) is 4.79 Å². The van der Waals surface area contributed by atoms with Crippen molar-refractivity contribution in [3.05, 3.63) is 0 Å². The van der Waals surface area contributed by atoms with Gasteiger partial charge in [-0.05, 0) is 12.3 Å². The lowest BCUT2D eigenvalue weighted by molar-refractivity contribution is -0.121. The van der Waals surface area contributed by atoms with Gasteiger partial charge in [0, 0.05) is 25.4 Å². The Kier molecular flexibility index (Phi) is 1.56. The first kappa shape index (κ1) is 7.58. The molecule has 0 radical (unpaired) electrons. The van der Waals surface area contributed by atoms with Gasteiger partial charge >= 0.3 is 6.09 Å². The average Bonchev–Trinajstić information content (AvgIpc) is 2.26. The Morgan fingerprint density at radius 1 is 1.50 bits per heavy atom. The van der Waals surface area contributed by atoms with E-state index in [9.17, 15) is 9.59 Å². The number of carbonyl (C=O) groups is 2. The Morgan fingerprint density at radius 3 is 2.92 bits per heavy atom. The maximum atomic E-state index is 11.1. The van der Waals surface area contributed by atoms with Crippen molar-refractivity contribution in [1.29, 1.82) is 0 Å². The molecule has 4 heteroatoms. The van der Waals surface area contributed by atoms with E-state index in [1.165, 1.54) is 4.90 Å². The number of likely N-dealkylation sites (tertiary alicyclic amines) is 1. The van der Waals surface area contributed by atoms with Crippen LogP contribution in [0.5, 0.6) is 0 Å². The molecule has 0 aromatic carbocycles. The maximum Gasteiger partial charge on any atom is 0.407 e. The lowest BCUT2D eigenvalue weighted by Crippen LogP contribution is -2.34. The van der Waals surface area contributed by atoms with Crippen LogP contribution >= 0.6 is 0 Å². The molecule has 1 heterocycles. The van der Waals surface area contributed by atoms with Crippen molar-refractivity contribution in [2.75, 3.05) is 6.54 Å². The molecule has 2 atom stereocenters. The molecular weight excluding hydrogens is 158 g/mol. The van der Waals surface area contributed by atoms with E-state index in [0.29, 0.717) is 25.3 Å². The molecule has 66 valence electrons. The van der Waals surface area contributed by atoms with E-state index in [1.807, 2.05) is 0 Å². The third-order valence-electron chi connectivity index (χ3n) is 2.73. The molecule has 0 aromatic rings. The van der Waals surface area contributed by atoms with E-state index >= 15 is 0 Å². The van der Waals surface area contributed by atoms with Crippen molar-refractivity contribution < 1.29 is 14.7 Å². The monoisotopic (exact) mass is 169 g/mol. The minimum absolute atomic E-state index is 0.0197. The van der Waals surface area contributed by atoms with Gasteiger partial charge in [-0.15, -0.1) is 0 Å². The van der Waals surface area contributed by atoms with E-state index in [1.54, 1.807) is 0 Å². The highest BCUT2D eigenvalue weighted by molar-refractivity contribution is 5.81. The summed E-state index contributed by atoms with van der Waals surface area (Å²) in [4.78, 5) is 23.2. The summed E-state index contributed by atoms with van der Waals surface area (Å²) in [6.07, 6.45) is 1.03. The third-order valence-corrected chi connectivity index (χ3v) is 2.73. The van der Waals surface area contributed by atoms with Gasteiger partial charge in [-0.25, -0.2) is 4.79 Å². The Bertz CT molecular complexity index is 238. The van der Waals surface area contributed by atoms with Crippen LogP contribution in [0.4, 0.5) is 4.79 Å². The van der Waals surface area contributed by atoms with Crippen LogP contribution in [-0.4, -0.2) is 34.5 Å². The Labute approximate surface area is 70.2 Å². The number of Topliss-reactive ketones (excluding diaryl/α,β-unsaturated/α-hetero) is 1. The molecule has 12 heavy (non-hydrogen) atoms. The molecule has 1 aliphatic carbocycles. The van der Waals surface area contributed by atoms with Crippen molar-refractivity contribution in [2.45, 2.75) is 25.3 Å². The van der Waals surface area contributed by atoms with Gasteiger partial charge in [0.15, 0.2) is 0 Å². The minimum Gasteiger partial charge on any atom is -0.465 e. The third kappa shape index (κ3) is 1.07. The predicted octanol–water partition coefficient (Wildman–Crippen LogP) is 0.718. The summed E-state index contributed by atoms with van der Waals surface area (Å²) < 4.78 is 0. The largest absolute Gasteiger partial charge is 0.465 e. The number of fused-ring (bicyclic) bond motifs is 2. The number of hydrogen-bond donors (Lipinski definition) is 1. The first-order valence-electron chi connectivity index (χ1n) is 4.18. The second-order valence-electron chi connectivity index (χ2n) is 3.64. The Hall–Kier alpha value is -1.06. The molecule has 1 saturated carbocycles. The van der Waals surface area contributed by atoms with Crippen molar-refractivity contribution in [3.8, 4) is 0 Å². The number of carbonyl (C=O) groups excluding carboxylic acids is 1. The molecule has 2 aliphatic rings. The molecule has 1 N–H and O–H groups in total. The first-order chi connectivity index (χ1) is 5.66. The summed E-state index contributed by atoms with van der Waals surface area (Å²) in [5.74, 6) is 0.521. The van der Waals surface area contributed by atoms with Gasteiger partial charge in [0.25, 0.3) is 0 Å². The summed E-state index contributed by atoms with van der Waals surface area (Å²) in [5.41, 5.74) is 0. The summed E-state index contributed by atoms with van der Waals surface area (Å²) in [7, 11) is 0. The second-order valence-corrected chi connectivity index (χ2v) is 3.64. The highest BCUT2D eigenvalue weighted by Gasteiger charge is 2.40. The van der Waals surface area contributed by atoms with Crippen molar-refractivity contribution in [3.63, 3.8) is 0 Å². The van der Waals surface area contributed by atoms with Crippen LogP contribution in [0.2, 0.25) is 0 Å². The summed E-state index contributed by atoms with van der Waals surface area (Å²) in [6.45, 7) is 0.561. The van der Waals surface area contributed by atoms with Gasteiger partial charge in [0.2, 0.25) is 0 Å². The lowest BCUT2D eigenvalue weighted by Gasteiger charge is -2.20. The van der Waals surface area contributed by atoms with Gasteiger partial charge < -0.3 is 10.0 Å². The van der Waals surface area contributed by atoms with Crippen molar-refractivity contribution >= 4 is 11.9 Å². The molecular formula is C8H11NO3. The Morgan fingerprint density at radius 2 is 2.25 bits per heavy atom. The van der Waals surface area contributed by atoms with Gasteiger partial charge in [-0.2, -0.15) is 0 Å². The fraction of sp³-hybridized carbons (Fsp3) is 0.750. The number of hydrogen-bond acceptors (Lipinski definition) is 2. The molecule has 4 nitrogen and oxygen atoms in total. The zero-order valence-corrected chi connectivity index (χ0v) is 6.69. The SMILES string of the molecule is O=C1CC2CC(C1)N(C(=O)O)C2. The molecule has 1 amide bonds. The zero-order chi connectivity index (χ0) is 8.72. The van der Waals surface area contributed by atoms with E-state index in [2.05, 4.69) is 0 Å². The van der Waals surface area contributed by atoms with Crippen LogP contribution in [0, 0.1) is 5.92 Å². The van der Waals surface area contributed by atoms with E-state index in [0.717, 1.165) is 6.42 Å². The molecule has 2 bridgehead atoms. The molecule has 2 rings (SSSR count). The van der Waals surface area contributed by atoms with E-state index < -0.39 is 6.09 Å². The topological polar surface area (TPSA) is 57.6 Å².